The second-order valence-corrected chi connectivity index (χ2v) is 5.89. The highest BCUT2D eigenvalue weighted by Crippen LogP contribution is 2.22. The van der Waals surface area contributed by atoms with Crippen LogP contribution in [0.1, 0.15) is 5.56 Å². The van der Waals surface area contributed by atoms with Gasteiger partial charge in [-0.3, -0.25) is 9.78 Å². The Morgan fingerprint density at radius 3 is 2.73 bits per heavy atom. The summed E-state index contributed by atoms with van der Waals surface area (Å²) in [6, 6.07) is 10.8. The van der Waals surface area contributed by atoms with Gasteiger partial charge in [-0.1, -0.05) is 11.8 Å². The highest BCUT2D eigenvalue weighted by molar-refractivity contribution is 7.99. The van der Waals surface area contributed by atoms with Crippen molar-refractivity contribution >= 4 is 23.9 Å². The van der Waals surface area contributed by atoms with Crippen LogP contribution in [0.2, 0.25) is 0 Å². The van der Waals surface area contributed by atoms with Crippen molar-refractivity contribution in [2.75, 3.05) is 12.9 Å². The van der Waals surface area contributed by atoms with E-state index >= 15 is 0 Å². The third-order valence-electron chi connectivity index (χ3n) is 3.18. The molecule has 3 rings (SSSR count). The second-order valence-electron chi connectivity index (χ2n) is 4.96. The molecule has 0 aliphatic rings. The van der Waals surface area contributed by atoms with Crippen molar-refractivity contribution in [1.29, 1.82) is 0 Å². The molecular formula is C17H15N5O3S. The number of rotatable bonds is 7. The van der Waals surface area contributed by atoms with Gasteiger partial charge < -0.3 is 9.15 Å². The molecule has 8 nitrogen and oxygen atoms in total. The summed E-state index contributed by atoms with van der Waals surface area (Å²) in [5, 5.41) is 12.1. The van der Waals surface area contributed by atoms with Crippen LogP contribution in [-0.2, 0) is 4.79 Å². The molecule has 0 radical (unpaired) electrons. The van der Waals surface area contributed by atoms with E-state index < -0.39 is 0 Å². The minimum Gasteiger partial charge on any atom is -0.497 e. The zero-order valence-electron chi connectivity index (χ0n) is 13.8. The number of benzene rings is 1. The highest BCUT2D eigenvalue weighted by atomic mass is 32.2. The number of hydrogen-bond donors (Lipinski definition) is 1. The molecule has 0 atom stereocenters. The summed E-state index contributed by atoms with van der Waals surface area (Å²) >= 11 is 1.14. The molecule has 26 heavy (non-hydrogen) atoms. The Kier molecular flexibility index (Phi) is 5.94. The number of aromatic nitrogens is 3. The van der Waals surface area contributed by atoms with Gasteiger partial charge in [-0.2, -0.15) is 5.10 Å². The number of pyridine rings is 1. The number of carbonyl (C=O) groups excluding carboxylic acids is 1. The average Bonchev–Trinajstić information content (AvgIpc) is 3.17. The Hall–Kier alpha value is -3.20. The van der Waals surface area contributed by atoms with Crippen molar-refractivity contribution < 1.29 is 13.9 Å². The summed E-state index contributed by atoms with van der Waals surface area (Å²) in [4.78, 5) is 15.7. The monoisotopic (exact) mass is 369 g/mol. The molecule has 0 saturated carbocycles. The van der Waals surface area contributed by atoms with E-state index in [-0.39, 0.29) is 11.7 Å². The van der Waals surface area contributed by atoms with Crippen LogP contribution < -0.4 is 10.2 Å². The van der Waals surface area contributed by atoms with Crippen LogP contribution in [0.15, 0.2) is 63.5 Å². The van der Waals surface area contributed by atoms with Crippen molar-refractivity contribution in [3.8, 4) is 17.2 Å². The highest BCUT2D eigenvalue weighted by Gasteiger charge is 2.10. The SMILES string of the molecule is COc1ccc(/C=N/NC(=O)CSc2nnc(-c3ccncc3)o2)cc1. The maximum Gasteiger partial charge on any atom is 0.277 e. The fourth-order valence-electron chi connectivity index (χ4n) is 1.91. The van der Waals surface area contributed by atoms with Crippen molar-refractivity contribution in [2.45, 2.75) is 5.22 Å². The summed E-state index contributed by atoms with van der Waals surface area (Å²) in [6.07, 6.45) is 4.83. The van der Waals surface area contributed by atoms with E-state index in [4.69, 9.17) is 9.15 Å². The zero-order chi connectivity index (χ0) is 18.2. The smallest absolute Gasteiger partial charge is 0.277 e. The molecule has 1 amide bonds. The standard InChI is InChI=1S/C17H15N5O3S/c1-24-14-4-2-12(3-5-14)10-19-20-15(23)11-26-17-22-21-16(25-17)13-6-8-18-9-7-13/h2-10H,11H2,1H3,(H,20,23)/b19-10+. The number of amides is 1. The van der Waals surface area contributed by atoms with Crippen LogP contribution in [0.4, 0.5) is 0 Å². The van der Waals surface area contributed by atoms with Crippen LogP contribution >= 0.6 is 11.8 Å². The van der Waals surface area contributed by atoms with Crippen LogP contribution in [0, 0.1) is 0 Å². The van der Waals surface area contributed by atoms with Crippen molar-refractivity contribution in [3.63, 3.8) is 0 Å². The van der Waals surface area contributed by atoms with E-state index in [1.807, 2.05) is 24.3 Å². The molecule has 1 N–H and O–H groups in total. The predicted molar refractivity (Wildman–Crippen MR) is 97.0 cm³/mol. The van der Waals surface area contributed by atoms with Crippen LogP contribution in [0.5, 0.6) is 5.75 Å². The molecule has 9 heteroatoms. The first kappa shape index (κ1) is 17.6. The Morgan fingerprint density at radius 2 is 2.00 bits per heavy atom. The molecule has 0 unspecified atom stereocenters. The lowest BCUT2D eigenvalue weighted by molar-refractivity contribution is -0.118. The van der Waals surface area contributed by atoms with Crippen LogP contribution in [-0.4, -0.2) is 40.2 Å². The molecule has 3 aromatic rings. The van der Waals surface area contributed by atoms with Gasteiger partial charge in [0.05, 0.1) is 19.1 Å². The zero-order valence-corrected chi connectivity index (χ0v) is 14.6. The summed E-state index contributed by atoms with van der Waals surface area (Å²) in [5.74, 6) is 0.974. The van der Waals surface area contributed by atoms with E-state index in [2.05, 4.69) is 25.7 Å². The number of carbonyl (C=O) groups is 1. The second kappa shape index (κ2) is 8.77. The Morgan fingerprint density at radius 1 is 1.23 bits per heavy atom. The van der Waals surface area contributed by atoms with Crippen molar-refractivity contribution in [1.82, 2.24) is 20.6 Å². The molecule has 0 aliphatic carbocycles. The third kappa shape index (κ3) is 4.90. The van der Waals surface area contributed by atoms with Gasteiger partial charge in [-0.15, -0.1) is 10.2 Å². The minimum absolute atomic E-state index is 0.109. The molecule has 1 aromatic carbocycles. The van der Waals surface area contributed by atoms with Gasteiger partial charge in [0.15, 0.2) is 0 Å². The summed E-state index contributed by atoms with van der Waals surface area (Å²) in [5.41, 5.74) is 4.07. The van der Waals surface area contributed by atoms with E-state index in [0.717, 1.165) is 28.6 Å². The van der Waals surface area contributed by atoms with E-state index in [0.29, 0.717) is 11.1 Å². The largest absolute Gasteiger partial charge is 0.497 e. The number of hydrazone groups is 1. The molecular weight excluding hydrogens is 354 g/mol. The number of thioether (sulfide) groups is 1. The lowest BCUT2D eigenvalue weighted by Crippen LogP contribution is -2.19. The molecule has 0 saturated heterocycles. The molecule has 0 bridgehead atoms. The number of nitrogens with zero attached hydrogens (tertiary/aromatic N) is 4. The average molecular weight is 369 g/mol. The van der Waals surface area contributed by atoms with E-state index in [1.54, 1.807) is 37.9 Å². The van der Waals surface area contributed by atoms with Crippen LogP contribution in [0.3, 0.4) is 0 Å². The first-order chi connectivity index (χ1) is 12.7. The van der Waals surface area contributed by atoms with Crippen LogP contribution in [0.25, 0.3) is 11.5 Å². The number of nitrogens with one attached hydrogen (secondary N) is 1. The van der Waals surface area contributed by atoms with Gasteiger partial charge in [-0.25, -0.2) is 5.43 Å². The maximum atomic E-state index is 11.8. The lowest BCUT2D eigenvalue weighted by atomic mass is 10.2. The minimum atomic E-state index is -0.275. The first-order valence-electron chi connectivity index (χ1n) is 7.57. The Labute approximate surface area is 153 Å². The van der Waals surface area contributed by atoms with Crippen molar-refractivity contribution in [3.05, 3.63) is 54.4 Å². The maximum absolute atomic E-state index is 11.8. The number of hydrogen-bond acceptors (Lipinski definition) is 8. The fraction of sp³-hybridized carbons (Fsp3) is 0.118. The lowest BCUT2D eigenvalue weighted by Gasteiger charge is -1.99. The molecule has 0 aliphatic heterocycles. The fourth-order valence-corrected chi connectivity index (χ4v) is 2.46. The third-order valence-corrected chi connectivity index (χ3v) is 4.00. The van der Waals surface area contributed by atoms with Gasteiger partial charge >= 0.3 is 0 Å². The summed E-state index contributed by atoms with van der Waals surface area (Å²) in [6.45, 7) is 0. The Balaban J connectivity index is 1.46. The molecule has 0 spiro atoms. The quantitative estimate of drug-likeness (QED) is 0.387. The van der Waals surface area contributed by atoms with Gasteiger partial charge in [0, 0.05) is 18.0 Å². The molecule has 2 aromatic heterocycles. The topological polar surface area (TPSA) is 102 Å². The molecule has 2 heterocycles. The van der Waals surface area contributed by atoms with Gasteiger partial charge in [-0.05, 0) is 42.0 Å². The van der Waals surface area contributed by atoms with Crippen molar-refractivity contribution in [2.24, 2.45) is 5.10 Å². The number of methoxy groups -OCH3 is 1. The van der Waals surface area contributed by atoms with Gasteiger partial charge in [0.2, 0.25) is 5.89 Å². The summed E-state index contributed by atoms with van der Waals surface area (Å²) in [7, 11) is 1.60. The van der Waals surface area contributed by atoms with E-state index in [9.17, 15) is 4.79 Å². The number of ether oxygens (including phenoxy) is 1. The molecule has 132 valence electrons. The predicted octanol–water partition coefficient (Wildman–Crippen LogP) is 2.38. The summed E-state index contributed by atoms with van der Waals surface area (Å²) < 4.78 is 10.6. The molecule has 0 fully saturated rings. The first-order valence-corrected chi connectivity index (χ1v) is 8.56. The van der Waals surface area contributed by atoms with Gasteiger partial charge in [0.25, 0.3) is 11.1 Å². The van der Waals surface area contributed by atoms with E-state index in [1.165, 1.54) is 0 Å². The van der Waals surface area contributed by atoms with Gasteiger partial charge in [0.1, 0.15) is 5.75 Å². The normalized spacial score (nSPS) is 10.8. The Bertz CT molecular complexity index is 881.